The number of benzene rings is 1. The molecule has 0 fully saturated rings. The predicted octanol–water partition coefficient (Wildman–Crippen LogP) is 2.60. The highest BCUT2D eigenvalue weighted by molar-refractivity contribution is 6.30. The van der Waals surface area contributed by atoms with Crippen LogP contribution in [-0.4, -0.2) is 23.7 Å². The third kappa shape index (κ3) is 3.49. The van der Waals surface area contributed by atoms with Crippen molar-refractivity contribution in [3.8, 4) is 0 Å². The molecule has 0 aliphatic heterocycles. The summed E-state index contributed by atoms with van der Waals surface area (Å²) < 4.78 is 4.54. The first-order valence-electron chi connectivity index (χ1n) is 9.33. The van der Waals surface area contributed by atoms with E-state index < -0.39 is 5.69 Å². The van der Waals surface area contributed by atoms with Gasteiger partial charge in [0.25, 0.3) is 5.56 Å². The zero-order chi connectivity index (χ0) is 20.5. The van der Waals surface area contributed by atoms with Crippen molar-refractivity contribution in [2.75, 3.05) is 0 Å². The van der Waals surface area contributed by atoms with Crippen LogP contribution in [0.4, 0.5) is 0 Å². The molecule has 1 aromatic carbocycles. The van der Waals surface area contributed by atoms with Crippen molar-refractivity contribution in [3.63, 3.8) is 0 Å². The van der Waals surface area contributed by atoms with Crippen LogP contribution in [0.3, 0.4) is 0 Å². The molecule has 0 aliphatic carbocycles. The summed E-state index contributed by atoms with van der Waals surface area (Å²) in [6, 6.07) is 12.6. The van der Waals surface area contributed by atoms with Crippen LogP contribution in [0, 0.1) is 0 Å². The van der Waals surface area contributed by atoms with Crippen LogP contribution in [-0.2, 0) is 26.6 Å². The van der Waals surface area contributed by atoms with Gasteiger partial charge in [0.15, 0.2) is 11.2 Å². The molecule has 29 heavy (non-hydrogen) atoms. The van der Waals surface area contributed by atoms with Crippen LogP contribution < -0.4 is 11.2 Å². The van der Waals surface area contributed by atoms with E-state index in [1.165, 1.54) is 9.13 Å². The topological polar surface area (TPSA) is 74.7 Å². The fourth-order valence-electron chi connectivity index (χ4n) is 3.43. The number of aryl methyl sites for hydroxylation is 2. The van der Waals surface area contributed by atoms with Gasteiger partial charge in [-0.2, -0.15) is 0 Å². The second-order valence-electron chi connectivity index (χ2n) is 6.82. The summed E-state index contributed by atoms with van der Waals surface area (Å²) in [6.45, 7) is 2.35. The van der Waals surface area contributed by atoms with Gasteiger partial charge in [0, 0.05) is 24.7 Å². The molecule has 0 spiro atoms. The molecule has 4 rings (SSSR count). The van der Waals surface area contributed by atoms with Crippen LogP contribution in [0.25, 0.3) is 11.2 Å². The van der Waals surface area contributed by atoms with E-state index >= 15 is 0 Å². The average Bonchev–Trinajstić information content (AvgIpc) is 3.07. The molecule has 4 aromatic rings. The van der Waals surface area contributed by atoms with Crippen molar-refractivity contribution in [1.82, 2.24) is 23.7 Å². The second kappa shape index (κ2) is 7.67. The molecule has 148 valence electrons. The number of hydrogen-bond acceptors (Lipinski definition) is 4. The molecule has 0 atom stereocenters. The summed E-state index contributed by atoms with van der Waals surface area (Å²) in [6.07, 6.45) is 2.33. The Labute approximate surface area is 171 Å². The Bertz CT molecular complexity index is 1290. The lowest BCUT2D eigenvalue weighted by atomic mass is 10.2. The van der Waals surface area contributed by atoms with Crippen molar-refractivity contribution in [3.05, 3.63) is 91.6 Å². The number of pyridine rings is 1. The molecule has 7 nitrogen and oxygen atoms in total. The first kappa shape index (κ1) is 19.1. The molecule has 8 heteroatoms. The molecule has 0 radical (unpaired) electrons. The molecule has 3 aromatic heterocycles. The maximum absolute atomic E-state index is 13.3. The molecule has 0 saturated carbocycles. The third-order valence-corrected chi connectivity index (χ3v) is 5.20. The minimum atomic E-state index is -0.413. The van der Waals surface area contributed by atoms with E-state index in [2.05, 4.69) is 9.97 Å². The number of rotatable bonds is 5. The zero-order valence-corrected chi connectivity index (χ0v) is 16.9. The Hall–Kier alpha value is -3.19. The van der Waals surface area contributed by atoms with Crippen LogP contribution in [0.15, 0.2) is 58.3 Å². The molecular weight excluding hydrogens is 390 g/mol. The Balaban J connectivity index is 1.95. The summed E-state index contributed by atoms with van der Waals surface area (Å²) in [7, 11) is 1.80. The maximum Gasteiger partial charge on any atom is 0.333 e. The predicted molar refractivity (Wildman–Crippen MR) is 113 cm³/mol. The molecule has 3 heterocycles. The van der Waals surface area contributed by atoms with Crippen molar-refractivity contribution in [2.24, 2.45) is 7.05 Å². The summed E-state index contributed by atoms with van der Waals surface area (Å²) in [5.74, 6) is 0.746. The standard InChI is InChI=1S/C21H20ClN5O2/c1-3-17-24-19-18(25(17)2)20(28)27(12-14-7-9-15(22)10-8-14)21(29)26(19)13-16-6-4-5-11-23-16/h4-11H,3,12-13H2,1-2H3. The van der Waals surface area contributed by atoms with Crippen LogP contribution in [0.1, 0.15) is 24.0 Å². The quantitative estimate of drug-likeness (QED) is 0.507. The number of fused-ring (bicyclic) bond motifs is 1. The largest absolute Gasteiger partial charge is 0.333 e. The first-order chi connectivity index (χ1) is 14.0. The first-order valence-corrected chi connectivity index (χ1v) is 9.70. The lowest BCUT2D eigenvalue weighted by Crippen LogP contribution is -2.41. The number of imidazole rings is 1. The Morgan fingerprint density at radius 3 is 2.41 bits per heavy atom. The van der Waals surface area contributed by atoms with Gasteiger partial charge >= 0.3 is 5.69 Å². The van der Waals surface area contributed by atoms with E-state index in [0.29, 0.717) is 22.6 Å². The Kier molecular flexibility index (Phi) is 5.07. The molecular formula is C21H20ClN5O2. The van der Waals surface area contributed by atoms with Crippen LogP contribution >= 0.6 is 11.6 Å². The van der Waals surface area contributed by atoms with Gasteiger partial charge < -0.3 is 4.57 Å². The summed E-state index contributed by atoms with van der Waals surface area (Å²) in [5, 5.41) is 0.600. The minimum absolute atomic E-state index is 0.152. The normalized spacial score (nSPS) is 11.3. The van der Waals surface area contributed by atoms with Gasteiger partial charge in [-0.15, -0.1) is 0 Å². The third-order valence-electron chi connectivity index (χ3n) is 4.95. The fourth-order valence-corrected chi connectivity index (χ4v) is 3.56. The maximum atomic E-state index is 13.3. The summed E-state index contributed by atoms with van der Waals surface area (Å²) in [4.78, 5) is 35.4. The summed E-state index contributed by atoms with van der Waals surface area (Å²) in [5.41, 5.74) is 1.56. The highest BCUT2D eigenvalue weighted by Crippen LogP contribution is 2.13. The van der Waals surface area contributed by atoms with Gasteiger partial charge in [-0.25, -0.2) is 9.78 Å². The Morgan fingerprint density at radius 1 is 1.00 bits per heavy atom. The molecule has 0 aliphatic rings. The fraction of sp³-hybridized carbons (Fsp3) is 0.238. The van der Waals surface area contributed by atoms with E-state index in [1.54, 1.807) is 29.9 Å². The molecule has 0 amide bonds. The molecule has 0 bridgehead atoms. The van der Waals surface area contributed by atoms with Gasteiger partial charge in [0.2, 0.25) is 0 Å². The van der Waals surface area contributed by atoms with Crippen molar-refractivity contribution >= 4 is 22.8 Å². The molecule has 0 N–H and O–H groups in total. The number of hydrogen-bond donors (Lipinski definition) is 0. The van der Waals surface area contributed by atoms with Crippen LogP contribution in [0.5, 0.6) is 0 Å². The van der Waals surface area contributed by atoms with Crippen molar-refractivity contribution in [1.29, 1.82) is 0 Å². The summed E-state index contributed by atoms with van der Waals surface area (Å²) >= 11 is 5.96. The van der Waals surface area contributed by atoms with E-state index in [4.69, 9.17) is 11.6 Å². The molecule has 0 saturated heterocycles. The van der Waals surface area contributed by atoms with E-state index in [-0.39, 0.29) is 18.6 Å². The van der Waals surface area contributed by atoms with Gasteiger partial charge in [-0.1, -0.05) is 36.7 Å². The number of nitrogens with zero attached hydrogens (tertiary/aromatic N) is 5. The van der Waals surface area contributed by atoms with Gasteiger partial charge in [-0.05, 0) is 29.8 Å². The number of halogens is 1. The minimum Gasteiger partial charge on any atom is -0.325 e. The van der Waals surface area contributed by atoms with Crippen molar-refractivity contribution < 1.29 is 0 Å². The lowest BCUT2D eigenvalue weighted by molar-refractivity contribution is 0.624. The SMILES string of the molecule is CCc1nc2c(c(=O)n(Cc3ccc(Cl)cc3)c(=O)n2Cc2ccccn2)n1C. The lowest BCUT2D eigenvalue weighted by Gasteiger charge is -2.12. The molecule has 0 unspecified atom stereocenters. The highest BCUT2D eigenvalue weighted by Gasteiger charge is 2.20. The van der Waals surface area contributed by atoms with Gasteiger partial charge in [0.05, 0.1) is 18.8 Å². The van der Waals surface area contributed by atoms with Gasteiger partial charge in [-0.3, -0.25) is 18.9 Å². The van der Waals surface area contributed by atoms with Crippen LogP contribution in [0.2, 0.25) is 5.02 Å². The second-order valence-corrected chi connectivity index (χ2v) is 7.26. The smallest absolute Gasteiger partial charge is 0.325 e. The number of aromatic nitrogens is 5. The van der Waals surface area contributed by atoms with Crippen molar-refractivity contribution in [2.45, 2.75) is 26.4 Å². The van der Waals surface area contributed by atoms with E-state index in [1.807, 2.05) is 37.3 Å². The van der Waals surface area contributed by atoms with Gasteiger partial charge in [0.1, 0.15) is 5.82 Å². The Morgan fingerprint density at radius 2 is 1.76 bits per heavy atom. The average molecular weight is 410 g/mol. The zero-order valence-electron chi connectivity index (χ0n) is 16.2. The van der Waals surface area contributed by atoms with E-state index in [9.17, 15) is 9.59 Å². The monoisotopic (exact) mass is 409 g/mol. The van der Waals surface area contributed by atoms with E-state index in [0.717, 1.165) is 17.1 Å². The highest BCUT2D eigenvalue weighted by atomic mass is 35.5.